The summed E-state index contributed by atoms with van der Waals surface area (Å²) in [5.74, 6) is 1.57. The molecule has 1 unspecified atom stereocenters. The van der Waals surface area contributed by atoms with Crippen LogP contribution in [0.15, 0.2) is 29.3 Å². The Labute approximate surface area is 187 Å². The first-order chi connectivity index (χ1) is 12.9. The number of aliphatic imine (C=N–C) groups is 1. The molecule has 1 heterocycles. The van der Waals surface area contributed by atoms with Gasteiger partial charge in [-0.25, -0.2) is 0 Å². The zero-order valence-corrected chi connectivity index (χ0v) is 20.2. The first-order valence-electron chi connectivity index (χ1n) is 9.83. The summed E-state index contributed by atoms with van der Waals surface area (Å²) < 4.78 is 0. The van der Waals surface area contributed by atoms with Crippen molar-refractivity contribution in [3.8, 4) is 0 Å². The highest BCUT2D eigenvalue weighted by molar-refractivity contribution is 14.0. The zero-order chi connectivity index (χ0) is 19.8. The molecule has 0 aromatic heterocycles. The first-order valence-corrected chi connectivity index (χ1v) is 9.83. The van der Waals surface area contributed by atoms with E-state index in [-0.39, 0.29) is 35.9 Å². The molecule has 7 heteroatoms. The third kappa shape index (κ3) is 7.24. The molecule has 1 fully saturated rings. The van der Waals surface area contributed by atoms with Crippen LogP contribution in [0.4, 0.5) is 0 Å². The van der Waals surface area contributed by atoms with Crippen LogP contribution in [0.2, 0.25) is 0 Å². The second-order valence-electron chi connectivity index (χ2n) is 7.63. The fourth-order valence-corrected chi connectivity index (χ4v) is 3.62. The van der Waals surface area contributed by atoms with Crippen LogP contribution in [0.3, 0.4) is 0 Å². The minimum absolute atomic E-state index is 0. The van der Waals surface area contributed by atoms with E-state index in [1.54, 1.807) is 7.05 Å². The summed E-state index contributed by atoms with van der Waals surface area (Å²) in [5, 5.41) is 6.28. The summed E-state index contributed by atoms with van der Waals surface area (Å²) in [6.07, 6.45) is 2.69. The monoisotopic (exact) mass is 501 g/mol. The Balaban J connectivity index is 0.00000392. The second kappa shape index (κ2) is 12.3. The van der Waals surface area contributed by atoms with Gasteiger partial charge in [0.25, 0.3) is 0 Å². The number of halogens is 1. The molecule has 1 aromatic carbocycles. The molecule has 0 saturated carbocycles. The number of rotatable bonds is 6. The summed E-state index contributed by atoms with van der Waals surface area (Å²) in [6, 6.07) is 9.02. The molecule has 0 radical (unpaired) electrons. The molecule has 1 atom stereocenters. The number of hydrogen-bond acceptors (Lipinski definition) is 3. The van der Waals surface area contributed by atoms with Gasteiger partial charge in [-0.1, -0.05) is 29.8 Å². The van der Waals surface area contributed by atoms with Crippen molar-refractivity contribution in [2.75, 3.05) is 47.8 Å². The molecule has 1 saturated heterocycles. The molecule has 1 aromatic rings. The van der Waals surface area contributed by atoms with Gasteiger partial charge in [0, 0.05) is 40.2 Å². The summed E-state index contributed by atoms with van der Waals surface area (Å²) in [7, 11) is 7.77. The van der Waals surface area contributed by atoms with Gasteiger partial charge in [-0.3, -0.25) is 9.79 Å². The summed E-state index contributed by atoms with van der Waals surface area (Å²) in [6.45, 7) is 4.81. The molecule has 0 bridgehead atoms. The number of carbonyl (C=O) groups excluding carboxylic acids is 1. The maximum Gasteiger partial charge on any atom is 0.220 e. The molecular formula is C21H36IN5O. The fourth-order valence-electron chi connectivity index (χ4n) is 3.62. The fraction of sp³-hybridized carbons (Fsp3) is 0.619. The number of aryl methyl sites for hydroxylation is 1. The van der Waals surface area contributed by atoms with Crippen molar-refractivity contribution >= 4 is 35.8 Å². The Morgan fingerprint density at radius 3 is 2.36 bits per heavy atom. The van der Waals surface area contributed by atoms with Crippen molar-refractivity contribution in [2.45, 2.75) is 32.2 Å². The molecule has 2 rings (SSSR count). The lowest BCUT2D eigenvalue weighted by atomic mass is 9.93. The number of nitrogens with one attached hydrogen (secondary N) is 2. The molecule has 1 amide bonds. The number of piperidine rings is 1. The van der Waals surface area contributed by atoms with Crippen LogP contribution in [0, 0.1) is 12.8 Å². The Morgan fingerprint density at radius 2 is 1.86 bits per heavy atom. The van der Waals surface area contributed by atoms with Crippen molar-refractivity contribution in [3.63, 3.8) is 0 Å². The van der Waals surface area contributed by atoms with Crippen molar-refractivity contribution in [3.05, 3.63) is 35.4 Å². The minimum atomic E-state index is 0. The quantitative estimate of drug-likeness (QED) is 0.358. The van der Waals surface area contributed by atoms with Gasteiger partial charge in [-0.2, -0.15) is 0 Å². The van der Waals surface area contributed by atoms with E-state index in [1.165, 1.54) is 11.1 Å². The molecule has 28 heavy (non-hydrogen) atoms. The minimum Gasteiger partial charge on any atom is -0.359 e. The lowest BCUT2D eigenvalue weighted by Crippen LogP contribution is -2.47. The highest BCUT2D eigenvalue weighted by atomic mass is 127. The van der Waals surface area contributed by atoms with Crippen LogP contribution < -0.4 is 10.6 Å². The molecule has 1 aliphatic rings. The van der Waals surface area contributed by atoms with Gasteiger partial charge < -0.3 is 20.4 Å². The predicted octanol–water partition coefficient (Wildman–Crippen LogP) is 2.64. The van der Waals surface area contributed by atoms with E-state index in [4.69, 9.17) is 0 Å². The van der Waals surface area contributed by atoms with Crippen LogP contribution in [0.25, 0.3) is 0 Å². The van der Waals surface area contributed by atoms with Gasteiger partial charge in [0.2, 0.25) is 5.91 Å². The number of likely N-dealkylation sites (N-methyl/N-ethyl adjacent to an activating group) is 1. The smallest absolute Gasteiger partial charge is 0.220 e. The number of benzene rings is 1. The highest BCUT2D eigenvalue weighted by Crippen LogP contribution is 2.21. The third-order valence-corrected chi connectivity index (χ3v) is 5.42. The molecular weight excluding hydrogens is 465 g/mol. The number of carbonyl (C=O) groups is 1. The number of amides is 1. The lowest BCUT2D eigenvalue weighted by molar-refractivity contribution is -0.121. The Hall–Kier alpha value is -1.35. The topological polar surface area (TPSA) is 60.0 Å². The molecule has 2 N–H and O–H groups in total. The summed E-state index contributed by atoms with van der Waals surface area (Å²) in [4.78, 5) is 20.6. The van der Waals surface area contributed by atoms with Crippen LogP contribution in [0.1, 0.15) is 36.4 Å². The molecule has 1 aliphatic heterocycles. The van der Waals surface area contributed by atoms with E-state index in [9.17, 15) is 4.79 Å². The molecule has 0 aliphatic carbocycles. The molecule has 6 nitrogen and oxygen atoms in total. The van der Waals surface area contributed by atoms with E-state index < -0.39 is 0 Å². The van der Waals surface area contributed by atoms with Crippen molar-refractivity contribution in [1.82, 2.24) is 20.4 Å². The van der Waals surface area contributed by atoms with E-state index in [1.807, 2.05) is 7.05 Å². The standard InChI is InChI=1S/C21H35N5O.HI/c1-16-6-8-18(9-7-16)19(25(4)5)15-24-21(23-3)26-12-10-17(11-13-26)14-20(27)22-2;/h6-9,17,19H,10-15H2,1-5H3,(H,22,27)(H,23,24);1H. The van der Waals surface area contributed by atoms with Gasteiger partial charge in [0.05, 0.1) is 6.04 Å². The number of hydrogen-bond donors (Lipinski definition) is 2. The number of likely N-dealkylation sites (tertiary alicyclic amines) is 1. The maximum atomic E-state index is 11.6. The van der Waals surface area contributed by atoms with E-state index in [2.05, 4.69) is 70.7 Å². The Morgan fingerprint density at radius 1 is 1.25 bits per heavy atom. The average Bonchev–Trinajstić information content (AvgIpc) is 2.67. The van der Waals surface area contributed by atoms with E-state index >= 15 is 0 Å². The van der Waals surface area contributed by atoms with Crippen LogP contribution in [-0.4, -0.2) is 69.5 Å². The van der Waals surface area contributed by atoms with Crippen molar-refractivity contribution in [1.29, 1.82) is 0 Å². The Bertz CT molecular complexity index is 624. The molecule has 158 valence electrons. The first kappa shape index (κ1) is 24.7. The average molecular weight is 501 g/mol. The van der Waals surface area contributed by atoms with Gasteiger partial charge in [0.15, 0.2) is 5.96 Å². The van der Waals surface area contributed by atoms with Crippen LogP contribution >= 0.6 is 24.0 Å². The van der Waals surface area contributed by atoms with Gasteiger partial charge in [-0.15, -0.1) is 24.0 Å². The largest absolute Gasteiger partial charge is 0.359 e. The van der Waals surface area contributed by atoms with Crippen LogP contribution in [0.5, 0.6) is 0 Å². The summed E-state index contributed by atoms with van der Waals surface area (Å²) in [5.41, 5.74) is 2.58. The third-order valence-electron chi connectivity index (χ3n) is 5.42. The predicted molar refractivity (Wildman–Crippen MR) is 127 cm³/mol. The van der Waals surface area contributed by atoms with Crippen molar-refractivity contribution < 1.29 is 4.79 Å². The number of nitrogens with zero attached hydrogens (tertiary/aromatic N) is 3. The Kier molecular flexibility index (Phi) is 10.8. The maximum absolute atomic E-state index is 11.6. The SMILES string of the molecule is CN=C(NCC(c1ccc(C)cc1)N(C)C)N1CCC(CC(=O)NC)CC1.I. The van der Waals surface area contributed by atoms with E-state index in [0.29, 0.717) is 12.3 Å². The van der Waals surface area contributed by atoms with Gasteiger partial charge in [0.1, 0.15) is 0 Å². The van der Waals surface area contributed by atoms with Gasteiger partial charge >= 0.3 is 0 Å². The van der Waals surface area contributed by atoms with Crippen molar-refractivity contribution in [2.24, 2.45) is 10.9 Å². The normalized spacial score (nSPS) is 16.5. The van der Waals surface area contributed by atoms with Crippen LogP contribution in [-0.2, 0) is 4.79 Å². The molecule has 0 spiro atoms. The summed E-state index contributed by atoms with van der Waals surface area (Å²) >= 11 is 0. The zero-order valence-electron chi connectivity index (χ0n) is 17.9. The number of guanidine groups is 1. The van der Waals surface area contributed by atoms with E-state index in [0.717, 1.165) is 38.4 Å². The second-order valence-corrected chi connectivity index (χ2v) is 7.63. The lowest BCUT2D eigenvalue weighted by Gasteiger charge is -2.35. The van der Waals surface area contributed by atoms with Gasteiger partial charge in [-0.05, 0) is 45.3 Å². The highest BCUT2D eigenvalue weighted by Gasteiger charge is 2.24.